The molecule has 138 valence electrons. The van der Waals surface area contributed by atoms with E-state index >= 15 is 0 Å². The lowest BCUT2D eigenvalue weighted by atomic mass is 10.2. The standard InChI is InChI=1S/C17H18N8O2/c26-16(6-7-24-12-18-21-22-24)23-8-9-25-14(11-23)10-15(20-25)17(27)19-13-4-2-1-3-5-13/h1-5,10,12H,6-9,11H2,(H,19,27). The molecule has 0 unspecified atom stereocenters. The van der Waals surface area contributed by atoms with Crippen molar-refractivity contribution in [1.82, 2.24) is 34.9 Å². The van der Waals surface area contributed by atoms with Crippen LogP contribution in [0.3, 0.4) is 0 Å². The SMILES string of the molecule is O=C(Nc1ccccc1)c1cc2n(n1)CCN(C(=O)CCn1cnnn1)C2. The summed E-state index contributed by atoms with van der Waals surface area (Å²) < 4.78 is 3.31. The minimum Gasteiger partial charge on any atom is -0.335 e. The number of tetrazole rings is 1. The van der Waals surface area contributed by atoms with E-state index in [1.807, 2.05) is 30.3 Å². The smallest absolute Gasteiger partial charge is 0.276 e. The summed E-state index contributed by atoms with van der Waals surface area (Å²) in [5.41, 5.74) is 1.90. The molecule has 0 radical (unpaired) electrons. The Bertz CT molecular complexity index is 935. The molecule has 0 saturated heterocycles. The van der Waals surface area contributed by atoms with Gasteiger partial charge in [0.25, 0.3) is 5.91 Å². The molecule has 1 aliphatic heterocycles. The average Bonchev–Trinajstić information content (AvgIpc) is 3.35. The van der Waals surface area contributed by atoms with E-state index < -0.39 is 0 Å². The van der Waals surface area contributed by atoms with Crippen molar-refractivity contribution in [2.45, 2.75) is 26.1 Å². The second kappa shape index (κ2) is 7.36. The summed E-state index contributed by atoms with van der Waals surface area (Å²) in [6.45, 7) is 1.99. The van der Waals surface area contributed by atoms with Crippen LogP contribution in [0.4, 0.5) is 5.69 Å². The van der Waals surface area contributed by atoms with Gasteiger partial charge in [0.2, 0.25) is 5.91 Å². The summed E-state index contributed by atoms with van der Waals surface area (Å²) >= 11 is 0. The van der Waals surface area contributed by atoms with Gasteiger partial charge in [0.15, 0.2) is 5.69 Å². The van der Waals surface area contributed by atoms with Gasteiger partial charge in [0, 0.05) is 18.7 Å². The number of carbonyl (C=O) groups is 2. The Labute approximate surface area is 154 Å². The molecule has 0 bridgehead atoms. The maximum absolute atomic E-state index is 12.4. The molecule has 0 fully saturated rings. The minimum atomic E-state index is -0.264. The Morgan fingerprint density at radius 1 is 1.15 bits per heavy atom. The van der Waals surface area contributed by atoms with Gasteiger partial charge in [-0.05, 0) is 28.6 Å². The van der Waals surface area contributed by atoms with Crippen LogP contribution in [0.25, 0.3) is 0 Å². The highest BCUT2D eigenvalue weighted by Gasteiger charge is 2.24. The zero-order valence-electron chi connectivity index (χ0n) is 14.5. The predicted molar refractivity (Wildman–Crippen MR) is 94.5 cm³/mol. The number of nitrogens with one attached hydrogen (secondary N) is 1. The van der Waals surface area contributed by atoms with E-state index in [9.17, 15) is 9.59 Å². The number of nitrogens with zero attached hydrogens (tertiary/aromatic N) is 7. The summed E-state index contributed by atoms with van der Waals surface area (Å²) in [5, 5.41) is 18.0. The quantitative estimate of drug-likeness (QED) is 0.706. The zero-order valence-corrected chi connectivity index (χ0v) is 14.5. The van der Waals surface area contributed by atoms with Crippen molar-refractivity contribution < 1.29 is 9.59 Å². The number of benzene rings is 1. The molecule has 1 aliphatic rings. The second-order valence-electron chi connectivity index (χ2n) is 6.20. The lowest BCUT2D eigenvalue weighted by Crippen LogP contribution is -2.38. The van der Waals surface area contributed by atoms with Crippen molar-refractivity contribution in [3.8, 4) is 0 Å². The first-order valence-electron chi connectivity index (χ1n) is 8.61. The number of hydrogen-bond acceptors (Lipinski definition) is 6. The second-order valence-corrected chi connectivity index (χ2v) is 6.20. The van der Waals surface area contributed by atoms with E-state index in [1.54, 1.807) is 15.6 Å². The molecule has 3 heterocycles. The van der Waals surface area contributed by atoms with Crippen LogP contribution >= 0.6 is 0 Å². The molecule has 3 aromatic rings. The van der Waals surface area contributed by atoms with Crippen LogP contribution in [0.1, 0.15) is 22.6 Å². The van der Waals surface area contributed by atoms with Crippen molar-refractivity contribution in [2.24, 2.45) is 0 Å². The number of hydrogen-bond donors (Lipinski definition) is 1. The predicted octanol–water partition coefficient (Wildman–Crippen LogP) is 0.554. The molecule has 10 heteroatoms. The van der Waals surface area contributed by atoms with Crippen molar-refractivity contribution in [1.29, 1.82) is 0 Å². The van der Waals surface area contributed by atoms with Gasteiger partial charge in [0.05, 0.1) is 25.3 Å². The molecule has 0 aliphatic carbocycles. The Balaban J connectivity index is 1.38. The lowest BCUT2D eigenvalue weighted by Gasteiger charge is -2.27. The highest BCUT2D eigenvalue weighted by atomic mass is 16.2. The first-order valence-corrected chi connectivity index (χ1v) is 8.61. The molecular weight excluding hydrogens is 348 g/mol. The van der Waals surface area contributed by atoms with Crippen molar-refractivity contribution in [3.05, 3.63) is 54.1 Å². The average molecular weight is 366 g/mol. The fourth-order valence-electron chi connectivity index (χ4n) is 2.96. The van der Waals surface area contributed by atoms with Crippen molar-refractivity contribution in [3.63, 3.8) is 0 Å². The largest absolute Gasteiger partial charge is 0.335 e. The van der Waals surface area contributed by atoms with Crippen LogP contribution in [-0.2, 0) is 24.4 Å². The number of aryl methyl sites for hydroxylation is 1. The molecular formula is C17H18N8O2. The molecule has 4 rings (SSSR count). The lowest BCUT2D eigenvalue weighted by molar-refractivity contribution is -0.133. The molecule has 0 atom stereocenters. The summed E-state index contributed by atoms with van der Waals surface area (Å²) in [7, 11) is 0. The Morgan fingerprint density at radius 2 is 2.00 bits per heavy atom. The van der Waals surface area contributed by atoms with E-state index in [4.69, 9.17) is 0 Å². The normalized spacial score (nSPS) is 13.3. The van der Waals surface area contributed by atoms with Crippen molar-refractivity contribution >= 4 is 17.5 Å². The van der Waals surface area contributed by atoms with E-state index in [-0.39, 0.29) is 11.8 Å². The van der Waals surface area contributed by atoms with Gasteiger partial charge in [-0.1, -0.05) is 18.2 Å². The van der Waals surface area contributed by atoms with Crippen molar-refractivity contribution in [2.75, 3.05) is 11.9 Å². The summed E-state index contributed by atoms with van der Waals surface area (Å²) in [5.74, 6) is -0.243. The first-order chi connectivity index (χ1) is 13.2. The van der Waals surface area contributed by atoms with E-state index in [2.05, 4.69) is 25.9 Å². The third-order valence-electron chi connectivity index (χ3n) is 4.36. The molecule has 2 amide bonds. The number of carbonyl (C=O) groups excluding carboxylic acids is 2. The fraction of sp³-hybridized carbons (Fsp3) is 0.294. The third-order valence-corrected chi connectivity index (χ3v) is 4.36. The highest BCUT2D eigenvalue weighted by Crippen LogP contribution is 2.16. The van der Waals surface area contributed by atoms with E-state index in [0.29, 0.717) is 44.0 Å². The number of fused-ring (bicyclic) bond motifs is 1. The monoisotopic (exact) mass is 366 g/mol. The van der Waals surface area contributed by atoms with Gasteiger partial charge >= 0.3 is 0 Å². The number of rotatable bonds is 5. The third kappa shape index (κ3) is 3.84. The molecule has 27 heavy (non-hydrogen) atoms. The number of para-hydroxylation sites is 1. The molecule has 1 aromatic carbocycles. The van der Waals surface area contributed by atoms with Crippen LogP contribution < -0.4 is 5.32 Å². The Kier molecular flexibility index (Phi) is 4.60. The topological polar surface area (TPSA) is 111 Å². The maximum atomic E-state index is 12.4. The number of anilines is 1. The van der Waals surface area contributed by atoms with Crippen LogP contribution in [-0.4, -0.2) is 53.2 Å². The molecule has 1 N–H and O–H groups in total. The Hall–Kier alpha value is -3.56. The summed E-state index contributed by atoms with van der Waals surface area (Å²) in [4.78, 5) is 26.6. The first kappa shape index (κ1) is 16.9. The highest BCUT2D eigenvalue weighted by molar-refractivity contribution is 6.02. The van der Waals surface area contributed by atoms with E-state index in [0.717, 1.165) is 5.69 Å². The van der Waals surface area contributed by atoms with Gasteiger partial charge in [-0.2, -0.15) is 5.10 Å². The van der Waals surface area contributed by atoms with E-state index in [1.165, 1.54) is 11.0 Å². The summed E-state index contributed by atoms with van der Waals surface area (Å²) in [6, 6.07) is 11.0. The summed E-state index contributed by atoms with van der Waals surface area (Å²) in [6.07, 6.45) is 1.80. The fourth-order valence-corrected chi connectivity index (χ4v) is 2.96. The van der Waals surface area contributed by atoms with Crippen LogP contribution in [0, 0.1) is 0 Å². The van der Waals surface area contributed by atoms with Crippen LogP contribution in [0.2, 0.25) is 0 Å². The number of amides is 2. The maximum Gasteiger partial charge on any atom is 0.276 e. The van der Waals surface area contributed by atoms with Crippen LogP contribution in [0.15, 0.2) is 42.7 Å². The van der Waals surface area contributed by atoms with Gasteiger partial charge in [-0.25, -0.2) is 4.68 Å². The van der Waals surface area contributed by atoms with Gasteiger partial charge in [0.1, 0.15) is 6.33 Å². The van der Waals surface area contributed by atoms with Gasteiger partial charge in [-0.3, -0.25) is 14.3 Å². The van der Waals surface area contributed by atoms with Gasteiger partial charge < -0.3 is 10.2 Å². The number of aromatic nitrogens is 6. The zero-order chi connectivity index (χ0) is 18.6. The molecule has 2 aromatic heterocycles. The van der Waals surface area contributed by atoms with Crippen LogP contribution in [0.5, 0.6) is 0 Å². The van der Waals surface area contributed by atoms with Gasteiger partial charge in [-0.15, -0.1) is 5.10 Å². The molecule has 0 saturated carbocycles. The minimum absolute atomic E-state index is 0.0215. The Morgan fingerprint density at radius 3 is 2.78 bits per heavy atom. The molecule has 0 spiro atoms. The molecule has 10 nitrogen and oxygen atoms in total.